The van der Waals surface area contributed by atoms with Crippen LogP contribution >= 0.6 is 0 Å². The second-order valence-corrected chi connectivity index (χ2v) is 5.34. The van der Waals surface area contributed by atoms with Gasteiger partial charge in [-0.2, -0.15) is 0 Å². The van der Waals surface area contributed by atoms with Gasteiger partial charge < -0.3 is 5.11 Å². The van der Waals surface area contributed by atoms with E-state index in [9.17, 15) is 9.90 Å². The Morgan fingerprint density at radius 1 is 1.10 bits per heavy atom. The molecule has 0 saturated heterocycles. The average Bonchev–Trinajstić information content (AvgIpc) is 2.43. The van der Waals surface area contributed by atoms with Gasteiger partial charge in [0.2, 0.25) is 0 Å². The summed E-state index contributed by atoms with van der Waals surface area (Å²) in [5.74, 6) is 0.496. The second kappa shape index (κ2) is 8.57. The van der Waals surface area contributed by atoms with Gasteiger partial charge in [0.1, 0.15) is 5.75 Å². The Morgan fingerprint density at radius 2 is 1.60 bits per heavy atom. The van der Waals surface area contributed by atoms with E-state index < -0.39 is 0 Å². The van der Waals surface area contributed by atoms with E-state index in [1.165, 1.54) is 0 Å². The molecule has 1 aromatic rings. The van der Waals surface area contributed by atoms with Gasteiger partial charge in [0.25, 0.3) is 0 Å². The van der Waals surface area contributed by atoms with Crippen LogP contribution in [0.15, 0.2) is 18.2 Å². The number of aromatic hydroxyl groups is 1. The predicted octanol–water partition coefficient (Wildman–Crippen LogP) is 4.68. The van der Waals surface area contributed by atoms with Crippen LogP contribution in [0.5, 0.6) is 5.75 Å². The van der Waals surface area contributed by atoms with Crippen molar-refractivity contribution in [1.29, 1.82) is 0 Å². The summed E-state index contributed by atoms with van der Waals surface area (Å²) >= 11 is 0. The molecule has 0 fully saturated rings. The highest BCUT2D eigenvalue weighted by molar-refractivity contribution is 5.91. The maximum Gasteiger partial charge on any atom is 0.152 e. The van der Waals surface area contributed by atoms with Crippen molar-refractivity contribution in [3.05, 3.63) is 34.9 Å². The third-order valence-electron chi connectivity index (χ3n) is 3.40. The van der Waals surface area contributed by atoms with E-state index in [1.807, 2.05) is 18.2 Å². The van der Waals surface area contributed by atoms with E-state index in [0.29, 0.717) is 5.75 Å². The summed E-state index contributed by atoms with van der Waals surface area (Å²) in [4.78, 5) is 11.1. The number of unbranched alkanes of at least 4 members (excludes halogenated alkanes) is 2. The molecule has 1 N–H and O–H groups in total. The fourth-order valence-corrected chi connectivity index (χ4v) is 2.21. The van der Waals surface area contributed by atoms with Gasteiger partial charge in [-0.3, -0.25) is 4.79 Å². The molecular weight excluding hydrogens is 248 g/mol. The molecule has 0 aliphatic heterocycles. The number of allylic oxidation sites excluding steroid dienone is 1. The highest BCUT2D eigenvalue weighted by Gasteiger charge is 2.09. The van der Waals surface area contributed by atoms with Crippen molar-refractivity contribution < 1.29 is 9.90 Å². The summed E-state index contributed by atoms with van der Waals surface area (Å²) in [6, 6.07) is 4.00. The van der Waals surface area contributed by atoms with Gasteiger partial charge >= 0.3 is 0 Å². The number of rotatable bonds is 8. The Kier molecular flexibility index (Phi) is 7.06. The lowest BCUT2D eigenvalue weighted by atomic mass is 9.97. The molecule has 1 rings (SSSR count). The number of benzene rings is 1. The van der Waals surface area contributed by atoms with E-state index >= 15 is 0 Å². The SMILES string of the molecule is CCCCc1cc(/C=C/C(C)=O)cc(CCCC)c1O. The van der Waals surface area contributed by atoms with Gasteiger partial charge in [0.15, 0.2) is 5.78 Å². The van der Waals surface area contributed by atoms with E-state index in [0.717, 1.165) is 55.2 Å². The summed E-state index contributed by atoms with van der Waals surface area (Å²) in [6.07, 6.45) is 9.56. The maximum absolute atomic E-state index is 11.1. The molecule has 0 amide bonds. The van der Waals surface area contributed by atoms with Crippen LogP contribution < -0.4 is 0 Å². The summed E-state index contributed by atoms with van der Waals surface area (Å²) < 4.78 is 0. The fraction of sp³-hybridized carbons (Fsp3) is 0.500. The fourth-order valence-electron chi connectivity index (χ4n) is 2.21. The molecule has 110 valence electrons. The molecule has 0 unspecified atom stereocenters. The van der Waals surface area contributed by atoms with Crippen LogP contribution in [-0.2, 0) is 17.6 Å². The van der Waals surface area contributed by atoms with Crippen LogP contribution in [0.2, 0.25) is 0 Å². The van der Waals surface area contributed by atoms with Gasteiger partial charge in [0.05, 0.1) is 0 Å². The molecule has 2 heteroatoms. The van der Waals surface area contributed by atoms with Gasteiger partial charge in [-0.1, -0.05) is 32.8 Å². The zero-order chi connectivity index (χ0) is 15.0. The molecule has 0 spiro atoms. The lowest BCUT2D eigenvalue weighted by Crippen LogP contribution is -1.94. The van der Waals surface area contributed by atoms with Gasteiger partial charge in [-0.25, -0.2) is 0 Å². The minimum atomic E-state index is 0.0447. The molecule has 0 radical (unpaired) electrons. The summed E-state index contributed by atoms with van der Waals surface area (Å²) in [7, 11) is 0. The van der Waals surface area contributed by atoms with Crippen molar-refractivity contribution in [3.8, 4) is 5.75 Å². The van der Waals surface area contributed by atoms with Crippen molar-refractivity contribution in [2.75, 3.05) is 0 Å². The average molecular weight is 274 g/mol. The lowest BCUT2D eigenvalue weighted by Gasteiger charge is -2.11. The number of aryl methyl sites for hydroxylation is 2. The number of hydrogen-bond acceptors (Lipinski definition) is 2. The van der Waals surface area contributed by atoms with Gasteiger partial charge in [-0.05, 0) is 67.5 Å². The molecular formula is C18H26O2. The van der Waals surface area contributed by atoms with Crippen LogP contribution in [0.25, 0.3) is 6.08 Å². The first kappa shape index (κ1) is 16.5. The molecule has 0 aliphatic carbocycles. The summed E-state index contributed by atoms with van der Waals surface area (Å²) in [6.45, 7) is 5.84. The largest absolute Gasteiger partial charge is 0.507 e. The van der Waals surface area contributed by atoms with Crippen LogP contribution in [0.1, 0.15) is 63.1 Å². The van der Waals surface area contributed by atoms with Crippen molar-refractivity contribution in [2.24, 2.45) is 0 Å². The zero-order valence-electron chi connectivity index (χ0n) is 12.9. The number of phenolic OH excluding ortho intramolecular Hbond substituents is 1. The highest BCUT2D eigenvalue weighted by atomic mass is 16.3. The number of phenols is 1. The molecule has 0 atom stereocenters. The first-order chi connectivity index (χ1) is 9.58. The molecule has 2 nitrogen and oxygen atoms in total. The minimum Gasteiger partial charge on any atom is -0.507 e. The minimum absolute atomic E-state index is 0.0447. The quantitative estimate of drug-likeness (QED) is 0.699. The van der Waals surface area contributed by atoms with Crippen molar-refractivity contribution >= 4 is 11.9 Å². The normalized spacial score (nSPS) is 11.2. The summed E-state index contributed by atoms with van der Waals surface area (Å²) in [5, 5.41) is 10.4. The lowest BCUT2D eigenvalue weighted by molar-refractivity contribution is -0.112. The van der Waals surface area contributed by atoms with Crippen molar-refractivity contribution in [1.82, 2.24) is 0 Å². The van der Waals surface area contributed by atoms with E-state index in [1.54, 1.807) is 13.0 Å². The Balaban J connectivity index is 3.07. The third kappa shape index (κ3) is 5.20. The van der Waals surface area contributed by atoms with Crippen molar-refractivity contribution in [3.63, 3.8) is 0 Å². The van der Waals surface area contributed by atoms with Crippen LogP contribution in [0.4, 0.5) is 0 Å². The zero-order valence-corrected chi connectivity index (χ0v) is 12.9. The van der Waals surface area contributed by atoms with E-state index in [4.69, 9.17) is 0 Å². The van der Waals surface area contributed by atoms with E-state index in [-0.39, 0.29) is 5.78 Å². The monoisotopic (exact) mass is 274 g/mol. The number of ketones is 1. The molecule has 0 aliphatic rings. The number of carbonyl (C=O) groups is 1. The number of carbonyl (C=O) groups excluding carboxylic acids is 1. The molecule has 0 bridgehead atoms. The highest BCUT2D eigenvalue weighted by Crippen LogP contribution is 2.28. The Morgan fingerprint density at radius 3 is 2.00 bits per heavy atom. The maximum atomic E-state index is 11.1. The molecule has 1 aromatic carbocycles. The van der Waals surface area contributed by atoms with Crippen LogP contribution in [0.3, 0.4) is 0 Å². The molecule has 0 heterocycles. The van der Waals surface area contributed by atoms with Crippen LogP contribution in [0, 0.1) is 0 Å². The third-order valence-corrected chi connectivity index (χ3v) is 3.40. The van der Waals surface area contributed by atoms with Crippen LogP contribution in [-0.4, -0.2) is 10.9 Å². The Bertz CT molecular complexity index is 443. The molecule has 0 aromatic heterocycles. The van der Waals surface area contributed by atoms with Crippen molar-refractivity contribution in [2.45, 2.75) is 59.3 Å². The standard InChI is InChI=1S/C18H26O2/c1-4-6-8-16-12-15(11-10-14(3)19)13-17(18(16)20)9-7-5-2/h10-13,20H,4-9H2,1-3H3/b11-10+. The molecule has 20 heavy (non-hydrogen) atoms. The van der Waals surface area contributed by atoms with Gasteiger partial charge in [0, 0.05) is 0 Å². The van der Waals surface area contributed by atoms with E-state index in [2.05, 4.69) is 13.8 Å². The molecule has 0 saturated carbocycles. The first-order valence-corrected chi connectivity index (χ1v) is 7.61. The Hall–Kier alpha value is -1.57. The predicted molar refractivity (Wildman–Crippen MR) is 85.0 cm³/mol. The Labute approximate surface area is 122 Å². The first-order valence-electron chi connectivity index (χ1n) is 7.61. The smallest absolute Gasteiger partial charge is 0.152 e. The topological polar surface area (TPSA) is 37.3 Å². The number of hydrogen-bond donors (Lipinski definition) is 1. The second-order valence-electron chi connectivity index (χ2n) is 5.34. The van der Waals surface area contributed by atoms with Gasteiger partial charge in [-0.15, -0.1) is 0 Å². The summed E-state index contributed by atoms with van der Waals surface area (Å²) in [5.41, 5.74) is 3.02.